The van der Waals surface area contributed by atoms with E-state index in [2.05, 4.69) is 6.07 Å². The summed E-state index contributed by atoms with van der Waals surface area (Å²) in [4.78, 5) is 11.1. The van der Waals surface area contributed by atoms with Gasteiger partial charge in [-0.25, -0.2) is 0 Å². The van der Waals surface area contributed by atoms with Crippen molar-refractivity contribution in [2.24, 2.45) is 0 Å². The molecule has 5 heteroatoms. The number of ether oxygens (including phenoxy) is 2. The summed E-state index contributed by atoms with van der Waals surface area (Å²) >= 11 is 6.60. The highest BCUT2D eigenvalue weighted by Gasteiger charge is 2.25. The minimum Gasteiger partial charge on any atom is -0.456 e. The lowest BCUT2D eigenvalue weighted by Crippen LogP contribution is -2.12. The summed E-state index contributed by atoms with van der Waals surface area (Å²) < 4.78 is 11.4. The molecule has 0 aliphatic carbocycles. The Kier molecular flexibility index (Phi) is 6.14. The molecule has 0 N–H and O–H groups in total. The SMILES string of the molecule is CC(=O)Oc1ccc(C(C)(C)Cl)c(C)c1-c1cccc(Oc2ccccc2)c1C#N. The average Bonchev–Trinajstić information content (AvgIpc) is 2.67. The Labute approximate surface area is 181 Å². The Morgan fingerprint density at radius 1 is 1.00 bits per heavy atom. The molecule has 0 aromatic heterocycles. The number of carbonyl (C=O) groups excluding carboxylic acids is 1. The van der Waals surface area contributed by atoms with E-state index in [4.69, 9.17) is 21.1 Å². The molecule has 3 rings (SSSR count). The highest BCUT2D eigenvalue weighted by molar-refractivity contribution is 6.23. The summed E-state index contributed by atoms with van der Waals surface area (Å²) in [5.74, 6) is 0.977. The van der Waals surface area contributed by atoms with Gasteiger partial charge in [-0.15, -0.1) is 11.6 Å². The molecule has 30 heavy (non-hydrogen) atoms. The Balaban J connectivity index is 2.25. The van der Waals surface area contributed by atoms with Crippen LogP contribution in [-0.2, 0) is 9.67 Å². The molecule has 0 aliphatic rings. The number of halogens is 1. The maximum Gasteiger partial charge on any atom is 0.308 e. The lowest BCUT2D eigenvalue weighted by atomic mass is 9.88. The van der Waals surface area contributed by atoms with Crippen molar-refractivity contribution >= 4 is 17.6 Å². The van der Waals surface area contributed by atoms with E-state index in [1.807, 2.05) is 69.3 Å². The molecule has 3 aromatic carbocycles. The summed E-state index contributed by atoms with van der Waals surface area (Å²) in [7, 11) is 0. The van der Waals surface area contributed by atoms with Crippen molar-refractivity contribution in [3.8, 4) is 34.4 Å². The van der Waals surface area contributed by atoms with E-state index < -0.39 is 10.8 Å². The molecule has 152 valence electrons. The van der Waals surface area contributed by atoms with E-state index in [1.165, 1.54) is 6.92 Å². The van der Waals surface area contributed by atoms with Gasteiger partial charge in [-0.05, 0) is 56.2 Å². The molecule has 0 radical (unpaired) electrons. The number of nitrogens with zero attached hydrogens (tertiary/aromatic N) is 1. The largest absolute Gasteiger partial charge is 0.456 e. The van der Waals surface area contributed by atoms with Crippen LogP contribution in [0.1, 0.15) is 37.5 Å². The van der Waals surface area contributed by atoms with Crippen LogP contribution in [0.15, 0.2) is 60.7 Å². The summed E-state index contributed by atoms with van der Waals surface area (Å²) in [6, 6.07) is 20.4. The lowest BCUT2D eigenvalue weighted by Gasteiger charge is -2.23. The van der Waals surface area contributed by atoms with Gasteiger partial charge in [-0.3, -0.25) is 4.79 Å². The highest BCUT2D eigenvalue weighted by atomic mass is 35.5. The fourth-order valence-electron chi connectivity index (χ4n) is 3.46. The Morgan fingerprint density at radius 2 is 1.70 bits per heavy atom. The van der Waals surface area contributed by atoms with E-state index in [0.29, 0.717) is 33.9 Å². The molecule has 0 saturated carbocycles. The Hall–Kier alpha value is -3.29. The number of nitriles is 1. The molecular weight excluding hydrogens is 398 g/mol. The van der Waals surface area contributed by atoms with Crippen LogP contribution in [0.2, 0.25) is 0 Å². The fourth-order valence-corrected chi connectivity index (χ4v) is 3.67. The van der Waals surface area contributed by atoms with Crippen LogP contribution in [0.5, 0.6) is 17.2 Å². The molecular formula is C25H22ClNO3. The van der Waals surface area contributed by atoms with Crippen molar-refractivity contribution in [3.05, 3.63) is 77.4 Å². The standard InChI is InChI=1S/C25H22ClNO3/c1-16-21(25(3,4)26)13-14-23(29-17(2)28)24(16)19-11-8-12-22(20(19)15-27)30-18-9-6-5-7-10-18/h5-14H,1-4H3. The molecule has 4 nitrogen and oxygen atoms in total. The van der Waals surface area contributed by atoms with E-state index in [1.54, 1.807) is 12.1 Å². The summed E-state index contributed by atoms with van der Waals surface area (Å²) in [5.41, 5.74) is 3.33. The van der Waals surface area contributed by atoms with Crippen LogP contribution in [0, 0.1) is 18.3 Å². The topological polar surface area (TPSA) is 59.3 Å². The second-order valence-electron chi connectivity index (χ2n) is 7.38. The van der Waals surface area contributed by atoms with Gasteiger partial charge in [-0.1, -0.05) is 36.4 Å². The zero-order valence-corrected chi connectivity index (χ0v) is 18.1. The minimum atomic E-state index is -0.640. The second kappa shape index (κ2) is 8.61. The molecule has 0 heterocycles. The van der Waals surface area contributed by atoms with Gasteiger partial charge in [0, 0.05) is 18.1 Å². The number of esters is 1. The first-order valence-corrected chi connectivity index (χ1v) is 9.88. The molecule has 0 bridgehead atoms. The summed E-state index contributed by atoms with van der Waals surface area (Å²) in [6.07, 6.45) is 0. The van der Waals surface area contributed by atoms with Crippen molar-refractivity contribution in [3.63, 3.8) is 0 Å². The van der Waals surface area contributed by atoms with E-state index in [-0.39, 0.29) is 0 Å². The first-order chi connectivity index (χ1) is 14.2. The number of alkyl halides is 1. The third-order valence-corrected chi connectivity index (χ3v) is 4.90. The van der Waals surface area contributed by atoms with Gasteiger partial charge in [0.1, 0.15) is 28.9 Å². The van der Waals surface area contributed by atoms with Crippen molar-refractivity contribution in [2.75, 3.05) is 0 Å². The van der Waals surface area contributed by atoms with E-state index >= 15 is 0 Å². The van der Waals surface area contributed by atoms with Gasteiger partial charge in [0.15, 0.2) is 0 Å². The molecule has 0 spiro atoms. The molecule has 0 unspecified atom stereocenters. The van der Waals surface area contributed by atoms with Crippen LogP contribution in [0.25, 0.3) is 11.1 Å². The van der Waals surface area contributed by atoms with Gasteiger partial charge in [-0.2, -0.15) is 5.26 Å². The highest BCUT2D eigenvalue weighted by Crippen LogP contribution is 2.43. The number of carbonyl (C=O) groups is 1. The van der Waals surface area contributed by atoms with Gasteiger partial charge < -0.3 is 9.47 Å². The van der Waals surface area contributed by atoms with Crippen LogP contribution in [-0.4, -0.2) is 5.97 Å². The zero-order valence-electron chi connectivity index (χ0n) is 17.3. The van der Waals surface area contributed by atoms with Crippen molar-refractivity contribution in [1.82, 2.24) is 0 Å². The number of hydrogen-bond donors (Lipinski definition) is 0. The quantitative estimate of drug-likeness (QED) is 0.261. The first-order valence-electron chi connectivity index (χ1n) is 9.50. The predicted molar refractivity (Wildman–Crippen MR) is 118 cm³/mol. The van der Waals surface area contributed by atoms with Crippen molar-refractivity contribution < 1.29 is 14.3 Å². The molecule has 0 amide bonds. The monoisotopic (exact) mass is 419 g/mol. The van der Waals surface area contributed by atoms with Gasteiger partial charge >= 0.3 is 5.97 Å². The maximum atomic E-state index is 11.7. The smallest absolute Gasteiger partial charge is 0.308 e. The van der Waals surface area contributed by atoms with Crippen molar-refractivity contribution in [2.45, 2.75) is 32.6 Å². The van der Waals surface area contributed by atoms with E-state index in [9.17, 15) is 10.1 Å². The third kappa shape index (κ3) is 4.48. The maximum absolute atomic E-state index is 11.7. The van der Waals surface area contributed by atoms with Gasteiger partial charge in [0.25, 0.3) is 0 Å². The number of hydrogen-bond acceptors (Lipinski definition) is 4. The minimum absolute atomic E-state index is 0.349. The summed E-state index contributed by atoms with van der Waals surface area (Å²) in [6.45, 7) is 7.05. The molecule has 0 saturated heterocycles. The van der Waals surface area contributed by atoms with Crippen molar-refractivity contribution in [1.29, 1.82) is 5.26 Å². The van der Waals surface area contributed by atoms with Crippen LogP contribution >= 0.6 is 11.6 Å². The normalized spacial score (nSPS) is 10.9. The van der Waals surface area contributed by atoms with Crippen LogP contribution < -0.4 is 9.47 Å². The number of para-hydroxylation sites is 1. The first kappa shape index (κ1) is 21.4. The van der Waals surface area contributed by atoms with Gasteiger partial charge in [0.05, 0.1) is 4.87 Å². The molecule has 3 aromatic rings. The molecule has 0 aliphatic heterocycles. The van der Waals surface area contributed by atoms with Gasteiger partial charge in [0.2, 0.25) is 0 Å². The molecule has 0 fully saturated rings. The third-order valence-electron chi connectivity index (χ3n) is 4.70. The van der Waals surface area contributed by atoms with Crippen LogP contribution in [0.3, 0.4) is 0 Å². The fraction of sp³-hybridized carbons (Fsp3) is 0.200. The summed E-state index contributed by atoms with van der Waals surface area (Å²) in [5, 5.41) is 9.97. The molecule has 0 atom stereocenters. The predicted octanol–water partition coefficient (Wildman–Crippen LogP) is 6.73. The van der Waals surface area contributed by atoms with E-state index in [0.717, 1.165) is 11.1 Å². The van der Waals surface area contributed by atoms with Crippen LogP contribution in [0.4, 0.5) is 0 Å². The Bertz CT molecular complexity index is 1130. The Morgan fingerprint density at radius 3 is 2.30 bits per heavy atom. The average molecular weight is 420 g/mol. The second-order valence-corrected chi connectivity index (χ2v) is 8.33. The zero-order chi connectivity index (χ0) is 21.9. The number of benzene rings is 3. The number of rotatable bonds is 5. The lowest BCUT2D eigenvalue weighted by molar-refractivity contribution is -0.131.